The SMILES string of the molecule is O=C(O)c1cnc2nc(CN3CCC(c4cccc(OCc5ccc(Cl)cc5F)n4)CC3)n(CC(F)(F)F)c2c1. The van der Waals surface area contributed by atoms with E-state index in [1.807, 2.05) is 17.0 Å². The van der Waals surface area contributed by atoms with Gasteiger partial charge in [-0.15, -0.1) is 0 Å². The number of hydrogen-bond donors (Lipinski definition) is 1. The number of aromatic nitrogens is 4. The number of aromatic carboxylic acids is 1. The molecule has 0 aliphatic carbocycles. The molecular weight excluding hydrogens is 554 g/mol. The lowest BCUT2D eigenvalue weighted by Gasteiger charge is -2.31. The predicted molar refractivity (Wildman–Crippen MR) is 138 cm³/mol. The molecule has 1 fully saturated rings. The number of rotatable bonds is 8. The predicted octanol–water partition coefficient (Wildman–Crippen LogP) is 5.84. The maximum atomic E-state index is 14.1. The quantitative estimate of drug-likeness (QED) is 0.263. The number of nitrogens with zero attached hydrogens (tertiary/aromatic N) is 5. The molecule has 0 radical (unpaired) electrons. The highest BCUT2D eigenvalue weighted by Crippen LogP contribution is 2.30. The van der Waals surface area contributed by atoms with E-state index in [9.17, 15) is 27.5 Å². The van der Waals surface area contributed by atoms with E-state index in [-0.39, 0.29) is 41.6 Å². The van der Waals surface area contributed by atoms with Gasteiger partial charge in [-0.3, -0.25) is 4.90 Å². The number of imidazole rings is 1. The first-order chi connectivity index (χ1) is 19.1. The van der Waals surface area contributed by atoms with Crippen molar-refractivity contribution in [3.63, 3.8) is 0 Å². The van der Waals surface area contributed by atoms with E-state index in [0.29, 0.717) is 42.4 Å². The van der Waals surface area contributed by atoms with Gasteiger partial charge in [-0.05, 0) is 50.2 Å². The zero-order chi connectivity index (χ0) is 28.4. The summed E-state index contributed by atoms with van der Waals surface area (Å²) in [4.78, 5) is 26.2. The first-order valence-corrected chi connectivity index (χ1v) is 12.8. The van der Waals surface area contributed by atoms with Crippen LogP contribution in [0, 0.1) is 5.82 Å². The molecule has 1 saturated heterocycles. The van der Waals surface area contributed by atoms with Crippen molar-refractivity contribution >= 4 is 28.7 Å². The molecule has 1 aromatic carbocycles. The minimum absolute atomic E-state index is 0.000356. The van der Waals surface area contributed by atoms with Crippen LogP contribution in [0.2, 0.25) is 5.02 Å². The lowest BCUT2D eigenvalue weighted by atomic mass is 9.93. The monoisotopic (exact) mass is 577 g/mol. The highest BCUT2D eigenvalue weighted by Gasteiger charge is 2.32. The molecule has 210 valence electrons. The van der Waals surface area contributed by atoms with Crippen molar-refractivity contribution in [1.82, 2.24) is 24.4 Å². The Morgan fingerprint density at radius 3 is 2.60 bits per heavy atom. The van der Waals surface area contributed by atoms with Crippen LogP contribution >= 0.6 is 11.6 Å². The molecule has 0 unspecified atom stereocenters. The summed E-state index contributed by atoms with van der Waals surface area (Å²) in [5, 5.41) is 9.54. The van der Waals surface area contributed by atoms with Gasteiger partial charge in [0.25, 0.3) is 0 Å². The van der Waals surface area contributed by atoms with Crippen molar-refractivity contribution < 1.29 is 32.2 Å². The molecule has 1 aliphatic heterocycles. The first kappa shape index (κ1) is 27.8. The van der Waals surface area contributed by atoms with Crippen LogP contribution in [0.4, 0.5) is 17.6 Å². The molecule has 0 spiro atoms. The molecule has 3 aromatic heterocycles. The number of piperidine rings is 1. The summed E-state index contributed by atoms with van der Waals surface area (Å²) in [6.07, 6.45) is -2.01. The molecule has 5 rings (SSSR count). The van der Waals surface area contributed by atoms with E-state index in [0.717, 1.165) is 16.5 Å². The molecule has 40 heavy (non-hydrogen) atoms. The highest BCUT2D eigenvalue weighted by molar-refractivity contribution is 6.30. The topological polar surface area (TPSA) is 93.4 Å². The molecule has 0 amide bonds. The molecule has 4 heterocycles. The van der Waals surface area contributed by atoms with Gasteiger partial charge in [-0.2, -0.15) is 13.2 Å². The van der Waals surface area contributed by atoms with E-state index >= 15 is 0 Å². The van der Waals surface area contributed by atoms with Crippen LogP contribution in [-0.2, 0) is 19.7 Å². The average molecular weight is 578 g/mol. The Kier molecular flexibility index (Phi) is 7.90. The van der Waals surface area contributed by atoms with Crippen molar-refractivity contribution in [2.24, 2.45) is 0 Å². The fraction of sp³-hybridized carbons (Fsp3) is 0.333. The van der Waals surface area contributed by atoms with Gasteiger partial charge in [0, 0.05) is 34.5 Å². The number of carboxylic acid groups (broad SMARTS) is 1. The molecular formula is C27H24ClF4N5O3. The van der Waals surface area contributed by atoms with Crippen molar-refractivity contribution in [3.8, 4) is 5.88 Å². The fourth-order valence-corrected chi connectivity index (χ4v) is 4.92. The number of halogens is 5. The minimum atomic E-state index is -4.52. The Morgan fingerprint density at radius 1 is 1.12 bits per heavy atom. The Labute approximate surface area is 231 Å². The number of pyridine rings is 2. The summed E-state index contributed by atoms with van der Waals surface area (Å²) >= 11 is 5.80. The van der Waals surface area contributed by atoms with Gasteiger partial charge < -0.3 is 14.4 Å². The molecule has 1 aliphatic rings. The standard InChI is InChI=1S/C27H24ClF4N5O3/c28-19-5-4-17(20(29)11-19)14-40-24-3-1-2-21(34-24)16-6-8-36(9-7-16)13-23-35-25-22(37(23)15-27(30,31)32)10-18(12-33-25)26(38)39/h1-5,10-12,16H,6-9,13-15H2,(H,38,39). The maximum absolute atomic E-state index is 14.1. The van der Waals surface area contributed by atoms with Gasteiger partial charge in [0.05, 0.1) is 17.6 Å². The smallest absolute Gasteiger partial charge is 0.406 e. The molecule has 1 N–H and O–H groups in total. The van der Waals surface area contributed by atoms with Crippen molar-refractivity contribution in [3.05, 3.63) is 82.1 Å². The molecule has 8 nitrogen and oxygen atoms in total. The third kappa shape index (κ3) is 6.50. The van der Waals surface area contributed by atoms with Gasteiger partial charge in [0.15, 0.2) is 5.65 Å². The maximum Gasteiger partial charge on any atom is 0.406 e. The summed E-state index contributed by atoms with van der Waals surface area (Å²) in [6, 6.07) is 10.9. The summed E-state index contributed by atoms with van der Waals surface area (Å²) in [7, 11) is 0. The molecule has 0 atom stereocenters. The molecule has 4 aromatic rings. The summed E-state index contributed by atoms with van der Waals surface area (Å²) in [5.41, 5.74) is 1.07. The fourth-order valence-electron chi connectivity index (χ4n) is 4.76. The van der Waals surface area contributed by atoms with Crippen LogP contribution in [0.15, 0.2) is 48.7 Å². The Bertz CT molecular complexity index is 1540. The van der Waals surface area contributed by atoms with Gasteiger partial charge in [0.2, 0.25) is 5.88 Å². The average Bonchev–Trinajstić information content (AvgIpc) is 3.23. The first-order valence-electron chi connectivity index (χ1n) is 12.5. The lowest BCUT2D eigenvalue weighted by Crippen LogP contribution is -2.34. The van der Waals surface area contributed by atoms with Gasteiger partial charge >= 0.3 is 12.1 Å². The second-order valence-corrected chi connectivity index (χ2v) is 10.0. The third-order valence-electron chi connectivity index (χ3n) is 6.78. The largest absolute Gasteiger partial charge is 0.478 e. The number of fused-ring (bicyclic) bond motifs is 1. The number of benzene rings is 1. The Balaban J connectivity index is 1.25. The summed E-state index contributed by atoms with van der Waals surface area (Å²) in [5.74, 6) is -1.09. The van der Waals surface area contributed by atoms with E-state index in [1.165, 1.54) is 12.1 Å². The van der Waals surface area contributed by atoms with Gasteiger partial charge in [0.1, 0.15) is 24.8 Å². The number of hydrogen-bond acceptors (Lipinski definition) is 6. The van der Waals surface area contributed by atoms with Crippen LogP contribution < -0.4 is 4.74 Å². The van der Waals surface area contributed by atoms with E-state index in [1.54, 1.807) is 18.2 Å². The number of carbonyl (C=O) groups is 1. The molecule has 0 bridgehead atoms. The van der Waals surface area contributed by atoms with Crippen molar-refractivity contribution in [2.75, 3.05) is 13.1 Å². The van der Waals surface area contributed by atoms with Crippen LogP contribution in [0.3, 0.4) is 0 Å². The summed E-state index contributed by atoms with van der Waals surface area (Å²) in [6.45, 7) is 0.0496. The zero-order valence-electron chi connectivity index (χ0n) is 21.0. The molecule has 0 saturated carbocycles. The molecule has 13 heteroatoms. The van der Waals surface area contributed by atoms with Gasteiger partial charge in [-0.1, -0.05) is 23.7 Å². The van der Waals surface area contributed by atoms with E-state index in [2.05, 4.69) is 15.0 Å². The second-order valence-electron chi connectivity index (χ2n) is 9.58. The van der Waals surface area contributed by atoms with E-state index in [4.69, 9.17) is 16.3 Å². The number of carboxylic acids is 1. The minimum Gasteiger partial charge on any atom is -0.478 e. The highest BCUT2D eigenvalue weighted by atomic mass is 35.5. The van der Waals surface area contributed by atoms with E-state index < -0.39 is 24.5 Å². The van der Waals surface area contributed by atoms with Crippen LogP contribution in [0.1, 0.15) is 46.2 Å². The van der Waals surface area contributed by atoms with Gasteiger partial charge in [-0.25, -0.2) is 24.1 Å². The summed E-state index contributed by atoms with van der Waals surface area (Å²) < 4.78 is 60.9. The second kappa shape index (κ2) is 11.4. The van der Waals surface area contributed by atoms with Crippen molar-refractivity contribution in [1.29, 1.82) is 0 Å². The number of likely N-dealkylation sites (tertiary alicyclic amines) is 1. The number of alkyl halides is 3. The normalized spacial score (nSPS) is 15.0. The Morgan fingerprint density at radius 2 is 1.90 bits per heavy atom. The van der Waals surface area contributed by atoms with Crippen molar-refractivity contribution in [2.45, 2.75) is 44.6 Å². The lowest BCUT2D eigenvalue weighted by molar-refractivity contribution is -0.140. The van der Waals surface area contributed by atoms with Crippen LogP contribution in [0.25, 0.3) is 11.2 Å². The Hall–Kier alpha value is -3.77. The van der Waals surface area contributed by atoms with Crippen LogP contribution in [0.5, 0.6) is 5.88 Å². The third-order valence-corrected chi connectivity index (χ3v) is 7.01. The van der Waals surface area contributed by atoms with Crippen LogP contribution in [-0.4, -0.2) is 54.8 Å². The zero-order valence-corrected chi connectivity index (χ0v) is 21.8. The number of ether oxygens (including phenoxy) is 1.